The molecule has 0 aliphatic rings. The zero-order valence-electron chi connectivity index (χ0n) is 10.4. The lowest BCUT2D eigenvalue weighted by Crippen LogP contribution is -2.69. The molecule has 0 aliphatic heterocycles. The van der Waals surface area contributed by atoms with E-state index in [-0.39, 0.29) is 0 Å². The Bertz CT molecular complexity index is 149. The third-order valence-corrected chi connectivity index (χ3v) is 47.4. The van der Waals surface area contributed by atoms with Crippen molar-refractivity contribution in [3.8, 4) is 0 Å². The monoisotopic (exact) mass is 245 g/mol. The van der Waals surface area contributed by atoms with Gasteiger partial charge in [-0.05, 0) is 0 Å². The zero-order chi connectivity index (χ0) is 10.9. The van der Waals surface area contributed by atoms with Gasteiger partial charge in [0.25, 0.3) is 0 Å². The molecule has 0 atom stereocenters. The van der Waals surface area contributed by atoms with E-state index < -0.39 is 22.3 Å². The van der Waals surface area contributed by atoms with Crippen molar-refractivity contribution >= 4 is 32.5 Å². The molecule has 0 aliphatic carbocycles. The third kappa shape index (κ3) is 2.91. The van der Waals surface area contributed by atoms with E-state index >= 15 is 0 Å². The molecule has 0 saturated heterocycles. The Morgan fingerprint density at radius 1 is 0.769 bits per heavy atom. The molecule has 0 nitrogen and oxygen atoms in total. The number of hydrogen-bond donors (Lipinski definition) is 0. The summed E-state index contributed by atoms with van der Waals surface area (Å²) in [6.07, 6.45) is 0. The summed E-state index contributed by atoms with van der Waals surface area (Å²) in [5.74, 6) is 0. The summed E-state index contributed by atoms with van der Waals surface area (Å²) in [6, 6.07) is 2.71. The lowest BCUT2D eigenvalue weighted by atomic mass is 11.0. The van der Waals surface area contributed by atoms with Crippen LogP contribution < -0.4 is 0 Å². The van der Waals surface area contributed by atoms with Gasteiger partial charge in [0.15, 0.2) is 0 Å². The minimum absolute atomic E-state index is 0.898. The van der Waals surface area contributed by atoms with Crippen molar-refractivity contribution in [2.24, 2.45) is 0 Å². The van der Waals surface area contributed by atoms with Gasteiger partial charge in [-0.3, -0.25) is 0 Å². The smallest absolute Gasteiger partial charge is 0.0384 e. The predicted octanol–water partition coefficient (Wildman–Crippen LogP) is 3.49. The Labute approximate surface area is 90.5 Å². The van der Waals surface area contributed by atoms with Gasteiger partial charge in [0.1, 0.15) is 0 Å². The van der Waals surface area contributed by atoms with Crippen LogP contribution in [-0.2, 0) is 0 Å². The molecule has 0 amide bonds. The molecular weight excluding hydrogens is 220 g/mol. The Kier molecular flexibility index (Phi) is 4.44. The molecule has 13 heavy (non-hydrogen) atoms. The van der Waals surface area contributed by atoms with Crippen LogP contribution >= 0.6 is 0 Å². The largest absolute Gasteiger partial charge is 0.0729 e. The maximum Gasteiger partial charge on any atom is 0.0384 e. The van der Waals surface area contributed by atoms with Gasteiger partial charge in [0.05, 0.1) is 0 Å². The van der Waals surface area contributed by atoms with E-state index in [4.69, 9.17) is 0 Å². The summed E-state index contributed by atoms with van der Waals surface area (Å²) in [6.45, 7) is 18.2. The highest BCUT2D eigenvalue weighted by molar-refractivity contribution is 7.68. The lowest BCUT2D eigenvalue weighted by Gasteiger charge is -2.48. The molecule has 3 radical (unpaired) electrons. The van der Waals surface area contributed by atoms with Crippen LogP contribution in [0.5, 0.6) is 0 Å². The van der Waals surface area contributed by atoms with Crippen molar-refractivity contribution in [2.75, 3.05) is 0 Å². The summed E-state index contributed by atoms with van der Waals surface area (Å²) in [4.78, 5) is 0. The molecule has 0 aromatic carbocycles. The molecule has 0 aromatic heterocycles. The van der Waals surface area contributed by atoms with Crippen LogP contribution in [0.2, 0.25) is 57.9 Å². The molecule has 4 heteroatoms. The Hall–Kier alpha value is 0.868. The van der Waals surface area contributed by atoms with Gasteiger partial charge in [-0.2, -0.15) is 0 Å². The van der Waals surface area contributed by atoms with Gasteiger partial charge < -0.3 is 0 Å². The van der Waals surface area contributed by atoms with Gasteiger partial charge in [-0.1, -0.05) is 57.9 Å². The first-order valence-electron chi connectivity index (χ1n) is 5.21. The standard InChI is InChI=1S/C9H25Si4/c1-11(2,3)13(7,9-8-10)12(4,5)6/h8-9H2,1-7H3. The van der Waals surface area contributed by atoms with E-state index in [0.29, 0.717) is 0 Å². The van der Waals surface area contributed by atoms with Crippen molar-refractivity contribution in [1.29, 1.82) is 0 Å². The average molecular weight is 246 g/mol. The van der Waals surface area contributed by atoms with E-state index in [9.17, 15) is 0 Å². The van der Waals surface area contributed by atoms with E-state index in [1.165, 1.54) is 12.1 Å². The van der Waals surface area contributed by atoms with Crippen molar-refractivity contribution in [1.82, 2.24) is 0 Å². The quantitative estimate of drug-likeness (QED) is 0.665. The molecule has 0 spiro atoms. The third-order valence-electron chi connectivity index (χ3n) is 3.94. The van der Waals surface area contributed by atoms with Crippen LogP contribution in [-0.4, -0.2) is 32.5 Å². The van der Waals surface area contributed by atoms with Crippen molar-refractivity contribution in [3.05, 3.63) is 0 Å². The van der Waals surface area contributed by atoms with Gasteiger partial charge in [0, 0.05) is 32.5 Å². The molecule has 0 bridgehead atoms. The molecule has 0 heterocycles. The topological polar surface area (TPSA) is 0 Å². The predicted molar refractivity (Wildman–Crippen MR) is 73.7 cm³/mol. The number of hydrogen-bond acceptors (Lipinski definition) is 0. The molecule has 0 unspecified atom stereocenters. The summed E-state index contributed by atoms with van der Waals surface area (Å²) >= 11 is 0. The highest BCUT2D eigenvalue weighted by Gasteiger charge is 2.49. The van der Waals surface area contributed by atoms with Gasteiger partial charge in [0.2, 0.25) is 0 Å². The first-order valence-corrected chi connectivity index (χ1v) is 17.6. The minimum Gasteiger partial charge on any atom is -0.0729 e. The van der Waals surface area contributed by atoms with Crippen LogP contribution in [0.1, 0.15) is 0 Å². The second-order valence-electron chi connectivity index (χ2n) is 6.33. The van der Waals surface area contributed by atoms with E-state index in [1.807, 2.05) is 0 Å². The van der Waals surface area contributed by atoms with Crippen LogP contribution in [0.25, 0.3) is 0 Å². The fourth-order valence-corrected chi connectivity index (χ4v) is 41.6. The summed E-state index contributed by atoms with van der Waals surface area (Å²) in [7, 11) is 0.978. The fraction of sp³-hybridized carbons (Fsp3) is 1.00. The lowest BCUT2D eigenvalue weighted by molar-refractivity contribution is 1.39. The van der Waals surface area contributed by atoms with Gasteiger partial charge >= 0.3 is 0 Å². The van der Waals surface area contributed by atoms with E-state index in [0.717, 1.165) is 0 Å². The Morgan fingerprint density at radius 2 is 1.08 bits per heavy atom. The Balaban J connectivity index is 4.96. The van der Waals surface area contributed by atoms with E-state index in [1.54, 1.807) is 0 Å². The first kappa shape index (κ1) is 13.9. The maximum absolute atomic E-state index is 3.70. The average Bonchev–Trinajstić information content (AvgIpc) is 1.82. The van der Waals surface area contributed by atoms with Crippen molar-refractivity contribution < 1.29 is 0 Å². The SMILES string of the molecule is C[Si](C)(C)[Si](C)(CC[Si])[Si](C)(C)C. The molecule has 77 valence electrons. The van der Waals surface area contributed by atoms with Gasteiger partial charge in [-0.15, -0.1) is 0 Å². The summed E-state index contributed by atoms with van der Waals surface area (Å²) in [5.41, 5.74) is 0. The molecular formula is C9H25Si4. The fourth-order valence-electron chi connectivity index (χ4n) is 2.12. The number of rotatable bonds is 4. The maximum atomic E-state index is 3.70. The zero-order valence-corrected chi connectivity index (χ0v) is 14.4. The second kappa shape index (κ2) is 4.16. The van der Waals surface area contributed by atoms with Gasteiger partial charge in [-0.25, -0.2) is 0 Å². The molecule has 0 rings (SSSR count). The first-order chi connectivity index (χ1) is 5.56. The van der Waals surface area contributed by atoms with Crippen LogP contribution in [0.15, 0.2) is 0 Å². The van der Waals surface area contributed by atoms with Crippen molar-refractivity contribution in [2.45, 2.75) is 57.9 Å². The second-order valence-corrected chi connectivity index (χ2v) is 36.1. The van der Waals surface area contributed by atoms with Crippen LogP contribution in [0.3, 0.4) is 0 Å². The summed E-state index contributed by atoms with van der Waals surface area (Å²) < 4.78 is 0. The van der Waals surface area contributed by atoms with Crippen LogP contribution in [0.4, 0.5) is 0 Å². The highest BCUT2D eigenvalue weighted by atomic mass is 29.6. The van der Waals surface area contributed by atoms with E-state index in [2.05, 4.69) is 56.1 Å². The van der Waals surface area contributed by atoms with Crippen LogP contribution in [0, 0.1) is 0 Å². The van der Waals surface area contributed by atoms with Crippen molar-refractivity contribution in [3.63, 3.8) is 0 Å². The summed E-state index contributed by atoms with van der Waals surface area (Å²) in [5, 5.41) is 0. The normalized spacial score (nSPS) is 14.8. The molecule has 0 saturated carbocycles. The minimum atomic E-state index is -0.923. The highest BCUT2D eigenvalue weighted by Crippen LogP contribution is 2.33. The molecule has 0 fully saturated rings. The Morgan fingerprint density at radius 3 is 1.15 bits per heavy atom. The molecule has 0 aromatic rings. The molecule has 0 N–H and O–H groups in total.